The summed E-state index contributed by atoms with van der Waals surface area (Å²) in [6.07, 6.45) is 2.02. The molecule has 0 bridgehead atoms. The predicted molar refractivity (Wildman–Crippen MR) is 69.9 cm³/mol. The molecule has 0 radical (unpaired) electrons. The Morgan fingerprint density at radius 1 is 1.47 bits per heavy atom. The number of carboxylic acid groups (broad SMARTS) is 1. The SMILES string of the molecule is CC(CCC(=O)O)NC(=O)c1ccc2nc[nH]c2c1. The fourth-order valence-electron chi connectivity index (χ4n) is 1.80. The average molecular weight is 261 g/mol. The molecule has 0 saturated heterocycles. The Hall–Kier alpha value is -2.37. The van der Waals surface area contributed by atoms with Crippen LogP contribution in [0.4, 0.5) is 0 Å². The van der Waals surface area contributed by atoms with Gasteiger partial charge in [-0.15, -0.1) is 0 Å². The van der Waals surface area contributed by atoms with E-state index in [-0.39, 0.29) is 18.4 Å². The number of carboxylic acids is 1. The molecule has 0 saturated carbocycles. The molecular weight excluding hydrogens is 246 g/mol. The molecule has 0 fully saturated rings. The minimum absolute atomic E-state index is 0.0427. The van der Waals surface area contributed by atoms with Gasteiger partial charge >= 0.3 is 5.97 Å². The normalized spacial score (nSPS) is 12.3. The number of fused-ring (bicyclic) bond motifs is 1. The second kappa shape index (κ2) is 5.51. The van der Waals surface area contributed by atoms with Crippen molar-refractivity contribution in [2.45, 2.75) is 25.8 Å². The highest BCUT2D eigenvalue weighted by Gasteiger charge is 2.11. The third-order valence-electron chi connectivity index (χ3n) is 2.85. The van der Waals surface area contributed by atoms with E-state index in [9.17, 15) is 9.59 Å². The van der Waals surface area contributed by atoms with Gasteiger partial charge in [-0.3, -0.25) is 9.59 Å². The molecule has 0 aliphatic rings. The van der Waals surface area contributed by atoms with Crippen LogP contribution in [0.3, 0.4) is 0 Å². The van der Waals surface area contributed by atoms with Gasteiger partial charge in [0.15, 0.2) is 0 Å². The third-order valence-corrected chi connectivity index (χ3v) is 2.85. The lowest BCUT2D eigenvalue weighted by Gasteiger charge is -2.12. The number of H-pyrrole nitrogens is 1. The monoisotopic (exact) mass is 261 g/mol. The molecule has 1 heterocycles. The van der Waals surface area contributed by atoms with Crippen LogP contribution < -0.4 is 5.32 Å². The molecule has 100 valence electrons. The maximum atomic E-state index is 12.0. The summed E-state index contributed by atoms with van der Waals surface area (Å²) in [6.45, 7) is 1.79. The molecule has 0 aliphatic heterocycles. The zero-order valence-electron chi connectivity index (χ0n) is 10.5. The van der Waals surface area contributed by atoms with Crippen molar-refractivity contribution in [1.29, 1.82) is 0 Å². The Bertz CT molecular complexity index is 606. The molecule has 1 amide bonds. The number of amides is 1. The fraction of sp³-hybridized carbons (Fsp3) is 0.308. The summed E-state index contributed by atoms with van der Waals surface area (Å²) < 4.78 is 0. The van der Waals surface area contributed by atoms with E-state index in [2.05, 4.69) is 15.3 Å². The number of hydrogen-bond donors (Lipinski definition) is 3. The first kappa shape index (κ1) is 13.1. The highest BCUT2D eigenvalue weighted by atomic mass is 16.4. The topological polar surface area (TPSA) is 95.1 Å². The molecule has 6 nitrogen and oxygen atoms in total. The summed E-state index contributed by atoms with van der Waals surface area (Å²) in [5.41, 5.74) is 2.13. The second-order valence-corrected chi connectivity index (χ2v) is 4.44. The van der Waals surface area contributed by atoms with Crippen molar-refractivity contribution in [3.8, 4) is 0 Å². The molecule has 0 aliphatic carbocycles. The standard InChI is InChI=1S/C13H15N3O3/c1-8(2-5-12(17)18)16-13(19)9-3-4-10-11(6-9)15-7-14-10/h3-4,6-8H,2,5H2,1H3,(H,14,15)(H,16,19)(H,17,18). The van der Waals surface area contributed by atoms with Gasteiger partial charge in [0, 0.05) is 18.0 Å². The summed E-state index contributed by atoms with van der Waals surface area (Å²) in [5.74, 6) is -1.07. The van der Waals surface area contributed by atoms with E-state index < -0.39 is 5.97 Å². The van der Waals surface area contributed by atoms with Gasteiger partial charge in [0.2, 0.25) is 0 Å². The highest BCUT2D eigenvalue weighted by Crippen LogP contribution is 2.11. The van der Waals surface area contributed by atoms with Crippen molar-refractivity contribution < 1.29 is 14.7 Å². The van der Waals surface area contributed by atoms with Crippen molar-refractivity contribution in [3.63, 3.8) is 0 Å². The van der Waals surface area contributed by atoms with Gasteiger partial charge in [0.05, 0.1) is 17.4 Å². The van der Waals surface area contributed by atoms with E-state index in [1.807, 2.05) is 0 Å². The number of aliphatic carboxylic acids is 1. The number of benzene rings is 1. The van der Waals surface area contributed by atoms with Gasteiger partial charge in [0.25, 0.3) is 5.91 Å². The lowest BCUT2D eigenvalue weighted by atomic mass is 10.1. The lowest BCUT2D eigenvalue weighted by Crippen LogP contribution is -2.32. The number of nitrogens with zero attached hydrogens (tertiary/aromatic N) is 1. The zero-order chi connectivity index (χ0) is 13.8. The molecule has 1 aromatic heterocycles. The van der Waals surface area contributed by atoms with Crippen molar-refractivity contribution in [1.82, 2.24) is 15.3 Å². The number of aromatic nitrogens is 2. The quantitative estimate of drug-likeness (QED) is 0.760. The van der Waals surface area contributed by atoms with Crippen molar-refractivity contribution in [2.75, 3.05) is 0 Å². The first-order valence-electron chi connectivity index (χ1n) is 6.02. The number of nitrogens with one attached hydrogen (secondary N) is 2. The number of imidazole rings is 1. The van der Waals surface area contributed by atoms with Crippen LogP contribution >= 0.6 is 0 Å². The Morgan fingerprint density at radius 3 is 3.00 bits per heavy atom. The first-order chi connectivity index (χ1) is 9.06. The van der Waals surface area contributed by atoms with Crippen LogP contribution in [0.25, 0.3) is 11.0 Å². The Kier molecular flexibility index (Phi) is 3.79. The Balaban J connectivity index is 2.00. The summed E-state index contributed by atoms with van der Waals surface area (Å²) in [7, 11) is 0. The van der Waals surface area contributed by atoms with Crippen molar-refractivity contribution in [3.05, 3.63) is 30.1 Å². The molecule has 1 aromatic carbocycles. The fourth-order valence-corrected chi connectivity index (χ4v) is 1.80. The molecule has 1 atom stereocenters. The molecule has 3 N–H and O–H groups in total. The number of rotatable bonds is 5. The highest BCUT2D eigenvalue weighted by molar-refractivity contribution is 5.97. The van der Waals surface area contributed by atoms with Crippen LogP contribution in [-0.4, -0.2) is 33.0 Å². The second-order valence-electron chi connectivity index (χ2n) is 4.44. The summed E-state index contributed by atoms with van der Waals surface area (Å²) >= 11 is 0. The molecule has 2 rings (SSSR count). The van der Waals surface area contributed by atoms with Crippen molar-refractivity contribution in [2.24, 2.45) is 0 Å². The zero-order valence-corrected chi connectivity index (χ0v) is 10.5. The smallest absolute Gasteiger partial charge is 0.303 e. The van der Waals surface area contributed by atoms with Gasteiger partial charge in [-0.05, 0) is 31.5 Å². The predicted octanol–water partition coefficient (Wildman–Crippen LogP) is 1.55. The minimum Gasteiger partial charge on any atom is -0.481 e. The Morgan fingerprint density at radius 2 is 2.26 bits per heavy atom. The lowest BCUT2D eigenvalue weighted by molar-refractivity contribution is -0.137. The van der Waals surface area contributed by atoms with Crippen molar-refractivity contribution >= 4 is 22.9 Å². The number of carbonyl (C=O) groups excluding carboxylic acids is 1. The maximum absolute atomic E-state index is 12.0. The van der Waals surface area contributed by atoms with Gasteiger partial charge in [-0.25, -0.2) is 4.98 Å². The molecule has 6 heteroatoms. The van der Waals surface area contributed by atoms with Crippen LogP contribution in [-0.2, 0) is 4.79 Å². The van der Waals surface area contributed by atoms with Crippen LogP contribution in [0.15, 0.2) is 24.5 Å². The number of carbonyl (C=O) groups is 2. The van der Waals surface area contributed by atoms with E-state index in [0.29, 0.717) is 12.0 Å². The molecule has 1 unspecified atom stereocenters. The molecule has 2 aromatic rings. The number of hydrogen-bond acceptors (Lipinski definition) is 3. The Labute approximate surface area is 109 Å². The van der Waals surface area contributed by atoms with E-state index in [1.54, 1.807) is 31.5 Å². The summed E-state index contributed by atoms with van der Waals surface area (Å²) in [6, 6.07) is 5.01. The van der Waals surface area contributed by atoms with E-state index in [0.717, 1.165) is 11.0 Å². The first-order valence-corrected chi connectivity index (χ1v) is 6.02. The minimum atomic E-state index is -0.861. The van der Waals surface area contributed by atoms with Crippen LogP contribution in [0, 0.1) is 0 Å². The van der Waals surface area contributed by atoms with Gasteiger partial charge in [0.1, 0.15) is 0 Å². The van der Waals surface area contributed by atoms with Gasteiger partial charge in [-0.1, -0.05) is 0 Å². The van der Waals surface area contributed by atoms with E-state index in [4.69, 9.17) is 5.11 Å². The molecular formula is C13H15N3O3. The average Bonchev–Trinajstić information content (AvgIpc) is 2.83. The summed E-state index contributed by atoms with van der Waals surface area (Å²) in [5, 5.41) is 11.4. The largest absolute Gasteiger partial charge is 0.481 e. The van der Waals surface area contributed by atoms with Crippen LogP contribution in [0.5, 0.6) is 0 Å². The van der Waals surface area contributed by atoms with Gasteiger partial charge < -0.3 is 15.4 Å². The molecule has 19 heavy (non-hydrogen) atoms. The van der Waals surface area contributed by atoms with Crippen LogP contribution in [0.2, 0.25) is 0 Å². The summed E-state index contributed by atoms with van der Waals surface area (Å²) in [4.78, 5) is 29.4. The van der Waals surface area contributed by atoms with Crippen LogP contribution in [0.1, 0.15) is 30.1 Å². The molecule has 0 spiro atoms. The van der Waals surface area contributed by atoms with E-state index in [1.165, 1.54) is 0 Å². The van der Waals surface area contributed by atoms with Gasteiger partial charge in [-0.2, -0.15) is 0 Å². The maximum Gasteiger partial charge on any atom is 0.303 e. The third kappa shape index (κ3) is 3.31. The number of aromatic amines is 1. The van der Waals surface area contributed by atoms with E-state index >= 15 is 0 Å².